The Bertz CT molecular complexity index is 430. The smallest absolute Gasteiger partial charge is 0.171 e. The Morgan fingerprint density at radius 1 is 1.37 bits per heavy atom. The van der Waals surface area contributed by atoms with E-state index in [2.05, 4.69) is 15.9 Å². The lowest BCUT2D eigenvalue weighted by atomic mass is 9.82. The van der Waals surface area contributed by atoms with Crippen LogP contribution in [0.4, 0.5) is 4.39 Å². The van der Waals surface area contributed by atoms with Crippen LogP contribution in [-0.2, 0) is 0 Å². The molecule has 4 heteroatoms. The maximum Gasteiger partial charge on any atom is 0.171 e. The number of rotatable bonds is 4. The zero-order chi connectivity index (χ0) is 13.8. The zero-order valence-corrected chi connectivity index (χ0v) is 12.7. The van der Waals surface area contributed by atoms with Gasteiger partial charge in [0.05, 0.1) is 12.7 Å². The molecule has 1 unspecified atom stereocenters. The molecule has 1 atom stereocenters. The number of halogens is 2. The van der Waals surface area contributed by atoms with Crippen molar-refractivity contribution < 1.29 is 14.2 Å². The van der Waals surface area contributed by atoms with E-state index >= 15 is 0 Å². The van der Waals surface area contributed by atoms with Gasteiger partial charge in [0.1, 0.15) is 0 Å². The predicted molar refractivity (Wildman–Crippen MR) is 76.8 cm³/mol. The van der Waals surface area contributed by atoms with Crippen LogP contribution in [0.1, 0.15) is 50.7 Å². The SMILES string of the molecule is CCOc1ccc(Br)c(C(O)C2CCCCC2)c1F. The Kier molecular flexibility index (Phi) is 5.22. The van der Waals surface area contributed by atoms with E-state index in [1.807, 2.05) is 6.92 Å². The summed E-state index contributed by atoms with van der Waals surface area (Å²) < 4.78 is 20.3. The summed E-state index contributed by atoms with van der Waals surface area (Å²) in [5.74, 6) is -0.0683. The predicted octanol–water partition coefficient (Wildman–Crippen LogP) is 4.60. The molecule has 1 aliphatic carbocycles. The van der Waals surface area contributed by atoms with Crippen molar-refractivity contribution in [2.45, 2.75) is 45.1 Å². The molecule has 106 valence electrons. The van der Waals surface area contributed by atoms with Crippen molar-refractivity contribution in [3.63, 3.8) is 0 Å². The van der Waals surface area contributed by atoms with Crippen molar-refractivity contribution >= 4 is 15.9 Å². The van der Waals surface area contributed by atoms with Crippen molar-refractivity contribution in [2.75, 3.05) is 6.61 Å². The van der Waals surface area contributed by atoms with Crippen LogP contribution in [-0.4, -0.2) is 11.7 Å². The Morgan fingerprint density at radius 2 is 2.05 bits per heavy atom. The van der Waals surface area contributed by atoms with Gasteiger partial charge in [0.25, 0.3) is 0 Å². The highest BCUT2D eigenvalue weighted by atomic mass is 79.9. The highest BCUT2D eigenvalue weighted by Crippen LogP contribution is 2.40. The molecule has 0 bridgehead atoms. The minimum atomic E-state index is -0.755. The van der Waals surface area contributed by atoms with Gasteiger partial charge in [-0.25, -0.2) is 4.39 Å². The summed E-state index contributed by atoms with van der Waals surface area (Å²) >= 11 is 3.34. The third-order valence-corrected chi connectivity index (χ3v) is 4.47. The van der Waals surface area contributed by atoms with E-state index < -0.39 is 11.9 Å². The van der Waals surface area contributed by atoms with E-state index in [1.54, 1.807) is 12.1 Å². The van der Waals surface area contributed by atoms with Crippen LogP contribution in [0.15, 0.2) is 16.6 Å². The van der Waals surface area contributed by atoms with Gasteiger partial charge in [0, 0.05) is 10.0 Å². The summed E-state index contributed by atoms with van der Waals surface area (Å²) in [5.41, 5.74) is 0.345. The van der Waals surface area contributed by atoms with E-state index in [9.17, 15) is 9.50 Å². The molecule has 0 heterocycles. The highest BCUT2D eigenvalue weighted by molar-refractivity contribution is 9.10. The topological polar surface area (TPSA) is 29.5 Å². The Morgan fingerprint density at radius 3 is 2.68 bits per heavy atom. The number of ether oxygens (including phenoxy) is 1. The molecule has 1 N–H and O–H groups in total. The Balaban J connectivity index is 2.28. The third-order valence-electron chi connectivity index (χ3n) is 3.78. The molecule has 0 amide bonds. The molecule has 1 aliphatic rings. The van der Waals surface area contributed by atoms with Gasteiger partial charge in [-0.1, -0.05) is 35.2 Å². The Hall–Kier alpha value is -0.610. The summed E-state index contributed by atoms with van der Waals surface area (Å²) in [6.07, 6.45) is 4.62. The maximum absolute atomic E-state index is 14.4. The number of hydrogen-bond donors (Lipinski definition) is 1. The molecule has 19 heavy (non-hydrogen) atoms. The highest BCUT2D eigenvalue weighted by Gasteiger charge is 2.28. The lowest BCUT2D eigenvalue weighted by Crippen LogP contribution is -2.18. The van der Waals surface area contributed by atoms with Crippen LogP contribution in [0, 0.1) is 11.7 Å². The normalized spacial score (nSPS) is 18.3. The quantitative estimate of drug-likeness (QED) is 0.874. The fourth-order valence-corrected chi connectivity index (χ4v) is 3.31. The average molecular weight is 331 g/mol. The van der Waals surface area contributed by atoms with Gasteiger partial charge in [-0.05, 0) is 37.8 Å². The molecule has 0 saturated heterocycles. The molecular weight excluding hydrogens is 311 g/mol. The molecular formula is C15H20BrFO2. The molecule has 0 aromatic heterocycles. The number of hydrogen-bond acceptors (Lipinski definition) is 2. The monoisotopic (exact) mass is 330 g/mol. The van der Waals surface area contributed by atoms with Crippen LogP contribution < -0.4 is 4.74 Å². The van der Waals surface area contributed by atoms with E-state index in [1.165, 1.54) is 6.42 Å². The van der Waals surface area contributed by atoms with Gasteiger partial charge in [-0.3, -0.25) is 0 Å². The van der Waals surface area contributed by atoms with Crippen molar-refractivity contribution in [3.05, 3.63) is 28.0 Å². The number of aliphatic hydroxyl groups is 1. The summed E-state index contributed by atoms with van der Waals surface area (Å²) in [6.45, 7) is 2.23. The fraction of sp³-hybridized carbons (Fsp3) is 0.600. The summed E-state index contributed by atoms with van der Waals surface area (Å²) in [4.78, 5) is 0. The van der Waals surface area contributed by atoms with Crippen LogP contribution in [0.3, 0.4) is 0 Å². The molecule has 0 aliphatic heterocycles. The first-order valence-electron chi connectivity index (χ1n) is 6.94. The fourth-order valence-electron chi connectivity index (χ4n) is 2.77. The largest absolute Gasteiger partial charge is 0.491 e. The molecule has 1 aromatic carbocycles. The van der Waals surface area contributed by atoms with Gasteiger partial charge >= 0.3 is 0 Å². The van der Waals surface area contributed by atoms with Crippen LogP contribution in [0.25, 0.3) is 0 Å². The summed E-state index contributed by atoms with van der Waals surface area (Å²) in [5, 5.41) is 10.5. The molecule has 1 aromatic rings. The summed E-state index contributed by atoms with van der Waals surface area (Å²) in [7, 11) is 0. The molecule has 1 fully saturated rings. The minimum absolute atomic E-state index is 0.149. The van der Waals surface area contributed by atoms with Gasteiger partial charge in [-0.2, -0.15) is 0 Å². The lowest BCUT2D eigenvalue weighted by molar-refractivity contribution is 0.0803. The van der Waals surface area contributed by atoms with Crippen LogP contribution in [0.5, 0.6) is 5.75 Å². The summed E-state index contributed by atoms with van der Waals surface area (Å²) in [6, 6.07) is 3.34. The van der Waals surface area contributed by atoms with Crippen LogP contribution >= 0.6 is 15.9 Å². The minimum Gasteiger partial charge on any atom is -0.491 e. The van der Waals surface area contributed by atoms with E-state index in [0.29, 0.717) is 16.6 Å². The van der Waals surface area contributed by atoms with E-state index in [4.69, 9.17) is 4.74 Å². The van der Waals surface area contributed by atoms with Crippen molar-refractivity contribution in [1.29, 1.82) is 0 Å². The first kappa shape index (κ1) is 14.8. The second kappa shape index (κ2) is 6.71. The van der Waals surface area contributed by atoms with Crippen molar-refractivity contribution in [2.24, 2.45) is 5.92 Å². The first-order chi connectivity index (χ1) is 9.15. The standard InChI is InChI=1S/C15H20BrFO2/c1-2-19-12-9-8-11(16)13(14(12)17)15(18)10-6-4-3-5-7-10/h8-10,15,18H,2-7H2,1H3. The molecule has 0 radical (unpaired) electrons. The number of aliphatic hydroxyl groups excluding tert-OH is 1. The number of benzene rings is 1. The van der Waals surface area contributed by atoms with Gasteiger partial charge in [0.2, 0.25) is 0 Å². The van der Waals surface area contributed by atoms with E-state index in [-0.39, 0.29) is 11.7 Å². The average Bonchev–Trinajstić information content (AvgIpc) is 2.43. The second-order valence-electron chi connectivity index (χ2n) is 5.05. The maximum atomic E-state index is 14.4. The second-order valence-corrected chi connectivity index (χ2v) is 5.90. The van der Waals surface area contributed by atoms with Gasteiger partial charge in [-0.15, -0.1) is 0 Å². The zero-order valence-electron chi connectivity index (χ0n) is 11.2. The van der Waals surface area contributed by atoms with Gasteiger partial charge < -0.3 is 9.84 Å². The molecule has 2 rings (SSSR count). The van der Waals surface area contributed by atoms with Crippen LogP contribution in [0.2, 0.25) is 0 Å². The first-order valence-corrected chi connectivity index (χ1v) is 7.73. The lowest BCUT2D eigenvalue weighted by Gasteiger charge is -2.28. The third kappa shape index (κ3) is 3.29. The molecule has 2 nitrogen and oxygen atoms in total. The van der Waals surface area contributed by atoms with Gasteiger partial charge in [0.15, 0.2) is 11.6 Å². The molecule has 1 saturated carbocycles. The van der Waals surface area contributed by atoms with E-state index in [0.717, 1.165) is 25.7 Å². The molecule has 0 spiro atoms. The van der Waals surface area contributed by atoms with Crippen molar-refractivity contribution in [1.82, 2.24) is 0 Å². The Labute approximate surface area is 122 Å². The van der Waals surface area contributed by atoms with Crippen molar-refractivity contribution in [3.8, 4) is 5.75 Å².